The van der Waals surface area contributed by atoms with Gasteiger partial charge < -0.3 is 10.2 Å². The van der Waals surface area contributed by atoms with Crippen LogP contribution in [0.4, 0.5) is 4.39 Å². The number of amides is 1. The zero-order valence-electron chi connectivity index (χ0n) is 14.7. The van der Waals surface area contributed by atoms with Crippen molar-refractivity contribution in [2.45, 2.75) is 13.0 Å². The zero-order valence-corrected chi connectivity index (χ0v) is 16.2. The maximum Gasteiger partial charge on any atom is 0.261 e. The van der Waals surface area contributed by atoms with E-state index in [1.54, 1.807) is 30.5 Å². The molecule has 10 heteroatoms. The topological polar surface area (TPSA) is 86.9 Å². The van der Waals surface area contributed by atoms with Gasteiger partial charge in [0.2, 0.25) is 0 Å². The Morgan fingerprint density at radius 3 is 2.79 bits per heavy atom. The predicted octanol–water partition coefficient (Wildman–Crippen LogP) is 3.08. The van der Waals surface area contributed by atoms with Crippen molar-refractivity contribution in [2.24, 2.45) is 0 Å². The molecule has 0 unspecified atom stereocenters. The number of carbonyl (C=O) groups is 1. The molecule has 3 aromatic rings. The molecule has 1 fully saturated rings. The Morgan fingerprint density at radius 1 is 1.32 bits per heavy atom. The highest BCUT2D eigenvalue weighted by Gasteiger charge is 2.20. The van der Waals surface area contributed by atoms with Crippen LogP contribution in [0.3, 0.4) is 0 Å². The highest BCUT2D eigenvalue weighted by atomic mass is 35.5. The van der Waals surface area contributed by atoms with Crippen molar-refractivity contribution in [3.05, 3.63) is 62.8 Å². The summed E-state index contributed by atoms with van der Waals surface area (Å²) in [6.07, 6.45) is 2.61. The highest BCUT2D eigenvalue weighted by molar-refractivity contribution is 7.17. The third kappa shape index (κ3) is 3.76. The monoisotopic (exact) mass is 418 g/mol. The molecule has 0 radical (unpaired) electrons. The summed E-state index contributed by atoms with van der Waals surface area (Å²) in [7, 11) is 0. The molecule has 2 aromatic heterocycles. The Hall–Kier alpha value is -2.78. The smallest absolute Gasteiger partial charge is 0.261 e. The lowest BCUT2D eigenvalue weighted by molar-refractivity contribution is 0.0954. The molecule has 28 heavy (non-hydrogen) atoms. The van der Waals surface area contributed by atoms with Crippen molar-refractivity contribution in [3.8, 4) is 5.69 Å². The van der Waals surface area contributed by atoms with Crippen molar-refractivity contribution in [3.63, 3.8) is 0 Å². The second-order valence-corrected chi connectivity index (χ2v) is 8.01. The normalized spacial score (nSPS) is 13.3. The summed E-state index contributed by atoms with van der Waals surface area (Å²) in [6.45, 7) is 1.82. The minimum atomic E-state index is -0.489. The molecule has 0 spiro atoms. The van der Waals surface area contributed by atoms with Crippen LogP contribution in [0.5, 0.6) is 0 Å². The number of nitrogens with zero attached hydrogens (tertiary/aromatic N) is 4. The maximum absolute atomic E-state index is 14.5. The maximum atomic E-state index is 14.5. The van der Waals surface area contributed by atoms with E-state index < -0.39 is 5.82 Å². The number of carbonyl (C=O) groups excluding carboxylic acids is 1. The number of likely N-dealkylation sites (tertiary alicyclic amines) is 1. The number of amidine groups is 1. The molecular weight excluding hydrogens is 403 g/mol. The van der Waals surface area contributed by atoms with Crippen LogP contribution in [0.25, 0.3) is 5.69 Å². The lowest BCUT2D eigenvalue weighted by Gasteiger charge is -2.33. The molecule has 1 aliphatic rings. The van der Waals surface area contributed by atoms with Gasteiger partial charge in [-0.25, -0.2) is 9.07 Å². The molecule has 1 aliphatic heterocycles. The number of hydrogen-bond donors (Lipinski definition) is 2. The van der Waals surface area contributed by atoms with E-state index in [4.69, 9.17) is 17.0 Å². The van der Waals surface area contributed by atoms with Crippen molar-refractivity contribution >= 4 is 34.7 Å². The predicted molar refractivity (Wildman–Crippen MR) is 105 cm³/mol. The van der Waals surface area contributed by atoms with Crippen LogP contribution in [0.15, 0.2) is 36.5 Å². The quantitative estimate of drug-likeness (QED) is 0.492. The lowest BCUT2D eigenvalue weighted by Crippen LogP contribution is -2.42. The van der Waals surface area contributed by atoms with Gasteiger partial charge in [0.15, 0.2) is 0 Å². The average Bonchev–Trinajstić information content (AvgIpc) is 3.27. The van der Waals surface area contributed by atoms with Crippen LogP contribution < -0.4 is 5.32 Å². The van der Waals surface area contributed by atoms with Crippen LogP contribution in [0.2, 0.25) is 4.34 Å². The van der Waals surface area contributed by atoms with E-state index in [0.717, 1.165) is 19.5 Å². The first-order valence-electron chi connectivity index (χ1n) is 8.60. The van der Waals surface area contributed by atoms with Gasteiger partial charge in [0.05, 0.1) is 22.0 Å². The van der Waals surface area contributed by atoms with Crippen LogP contribution >= 0.6 is 22.9 Å². The minimum Gasteiger partial charge on any atom is -0.356 e. The van der Waals surface area contributed by atoms with Gasteiger partial charge in [-0.2, -0.15) is 0 Å². The summed E-state index contributed by atoms with van der Waals surface area (Å²) in [5.74, 6) is -0.421. The van der Waals surface area contributed by atoms with Crippen LogP contribution in [-0.4, -0.2) is 44.7 Å². The van der Waals surface area contributed by atoms with Crippen LogP contribution in [-0.2, 0) is 6.54 Å². The van der Waals surface area contributed by atoms with Gasteiger partial charge in [-0.05, 0) is 36.8 Å². The largest absolute Gasteiger partial charge is 0.356 e. The third-order valence-corrected chi connectivity index (χ3v) is 5.64. The van der Waals surface area contributed by atoms with Gasteiger partial charge in [-0.1, -0.05) is 16.8 Å². The molecule has 0 saturated carbocycles. The second-order valence-electron chi connectivity index (χ2n) is 6.30. The average molecular weight is 419 g/mol. The lowest BCUT2D eigenvalue weighted by atomic mass is 10.1. The Bertz CT molecular complexity index is 1040. The van der Waals surface area contributed by atoms with Crippen molar-refractivity contribution in [1.82, 2.24) is 25.2 Å². The summed E-state index contributed by atoms with van der Waals surface area (Å²) >= 11 is 7.02. The molecule has 0 atom stereocenters. The van der Waals surface area contributed by atoms with Crippen molar-refractivity contribution < 1.29 is 9.18 Å². The molecule has 1 saturated heterocycles. The van der Waals surface area contributed by atoms with Gasteiger partial charge in [0, 0.05) is 18.7 Å². The number of halogens is 2. The minimum absolute atomic E-state index is 0.160. The van der Waals surface area contributed by atoms with E-state index in [0.29, 0.717) is 26.3 Å². The van der Waals surface area contributed by atoms with E-state index >= 15 is 0 Å². The van der Waals surface area contributed by atoms with Gasteiger partial charge in [0.25, 0.3) is 5.91 Å². The first-order valence-corrected chi connectivity index (χ1v) is 9.79. The fourth-order valence-electron chi connectivity index (χ4n) is 2.75. The number of rotatable bonds is 5. The van der Waals surface area contributed by atoms with E-state index in [9.17, 15) is 9.18 Å². The molecule has 0 bridgehead atoms. The molecule has 0 aliphatic carbocycles. The van der Waals surface area contributed by atoms with E-state index in [1.807, 2.05) is 4.90 Å². The fourth-order valence-corrected chi connectivity index (χ4v) is 3.71. The summed E-state index contributed by atoms with van der Waals surface area (Å²) in [6, 6.07) is 7.91. The summed E-state index contributed by atoms with van der Waals surface area (Å²) in [5.41, 5.74) is 1.26. The number of nitrogens with one attached hydrogen (secondary N) is 2. The second kappa shape index (κ2) is 7.69. The molecule has 3 heterocycles. The van der Waals surface area contributed by atoms with Gasteiger partial charge in [-0.15, -0.1) is 16.4 Å². The van der Waals surface area contributed by atoms with Crippen LogP contribution in [0.1, 0.15) is 27.3 Å². The Morgan fingerprint density at radius 2 is 2.14 bits per heavy atom. The van der Waals surface area contributed by atoms with Crippen molar-refractivity contribution in [2.75, 3.05) is 13.1 Å². The summed E-state index contributed by atoms with van der Waals surface area (Å²) in [4.78, 5) is 14.4. The van der Waals surface area contributed by atoms with Crippen LogP contribution in [0, 0.1) is 11.2 Å². The van der Waals surface area contributed by atoms with E-state index in [1.165, 1.54) is 22.1 Å². The first-order chi connectivity index (χ1) is 13.5. The van der Waals surface area contributed by atoms with Gasteiger partial charge in [-0.3, -0.25) is 10.2 Å². The standard InChI is InChI=1S/C18H16ClFN6OS/c19-16-5-4-15(28-16)18(27)22-9-12-10-26(24-23-12)14-3-2-11(8-13(14)20)17(21)25-6-1-7-25/h2-5,8,10,21H,1,6-7,9H2,(H,22,27). The molecule has 144 valence electrons. The molecule has 7 nitrogen and oxygen atoms in total. The SMILES string of the molecule is N=C(c1ccc(-n2cc(CNC(=O)c3ccc(Cl)s3)nn2)c(F)c1)N1CCC1. The number of hydrogen-bond acceptors (Lipinski definition) is 5. The summed E-state index contributed by atoms with van der Waals surface area (Å²) in [5, 5.41) is 18.7. The molecule has 2 N–H and O–H groups in total. The number of thiophene rings is 1. The summed E-state index contributed by atoms with van der Waals surface area (Å²) < 4.78 is 16.4. The number of aromatic nitrogens is 3. The third-order valence-electron chi connectivity index (χ3n) is 4.41. The zero-order chi connectivity index (χ0) is 19.7. The van der Waals surface area contributed by atoms with E-state index in [2.05, 4.69) is 15.6 Å². The van der Waals surface area contributed by atoms with Crippen molar-refractivity contribution in [1.29, 1.82) is 5.41 Å². The van der Waals surface area contributed by atoms with Gasteiger partial charge in [0.1, 0.15) is 23.0 Å². The Balaban J connectivity index is 1.43. The Labute approximate surface area is 169 Å². The molecule has 1 aromatic carbocycles. The van der Waals surface area contributed by atoms with Gasteiger partial charge >= 0.3 is 0 Å². The first kappa shape index (κ1) is 18.6. The Kier molecular flexibility index (Phi) is 5.10. The molecule has 1 amide bonds. The molecule has 4 rings (SSSR count). The highest BCUT2D eigenvalue weighted by Crippen LogP contribution is 2.21. The van der Waals surface area contributed by atoms with E-state index in [-0.39, 0.29) is 18.1 Å². The fraction of sp³-hybridized carbons (Fsp3) is 0.222. The molecular formula is C18H16ClFN6OS. The number of benzene rings is 1.